The largest absolute Gasteiger partial charge is 0.494 e. The molecule has 1 aromatic carbocycles. The average molecular weight is 324 g/mol. The molecule has 0 aromatic heterocycles. The average Bonchev–Trinajstić information content (AvgIpc) is 2.44. The Labute approximate surface area is 136 Å². The van der Waals surface area contributed by atoms with Gasteiger partial charge < -0.3 is 19.5 Å². The van der Waals surface area contributed by atoms with Crippen LogP contribution in [0.25, 0.3) is 0 Å². The summed E-state index contributed by atoms with van der Waals surface area (Å²) in [4.78, 5) is 22.3. The Morgan fingerprint density at radius 3 is 2.61 bits per heavy atom. The molecule has 1 amide bonds. The number of nitrogens with one attached hydrogen (secondary N) is 1. The molecule has 1 aromatic rings. The topological polar surface area (TPSA) is 86.2 Å². The van der Waals surface area contributed by atoms with E-state index in [0.29, 0.717) is 19.0 Å². The van der Waals surface area contributed by atoms with Crippen LogP contribution in [0, 0.1) is 4.91 Å². The Hall–Kier alpha value is -2.15. The molecule has 7 heteroatoms. The molecule has 1 N–H and O–H groups in total. The zero-order chi connectivity index (χ0) is 17.5. The Morgan fingerprint density at radius 2 is 2.04 bits per heavy atom. The van der Waals surface area contributed by atoms with Crippen molar-refractivity contribution in [2.75, 3.05) is 13.7 Å². The second kappa shape index (κ2) is 8.47. The van der Waals surface area contributed by atoms with Crippen molar-refractivity contribution in [1.29, 1.82) is 0 Å². The Kier molecular flexibility index (Phi) is 6.96. The van der Waals surface area contributed by atoms with Crippen molar-refractivity contribution in [2.24, 2.45) is 5.18 Å². The first kappa shape index (κ1) is 18.9. The summed E-state index contributed by atoms with van der Waals surface area (Å²) >= 11 is 0. The van der Waals surface area contributed by atoms with E-state index in [1.54, 1.807) is 39.0 Å². The molecule has 0 saturated carbocycles. The first-order valence-corrected chi connectivity index (χ1v) is 7.32. The number of alkyl carbamates (subject to hydrolysis) is 1. The number of nitrogens with zero attached hydrogens (tertiary/aromatic N) is 1. The van der Waals surface area contributed by atoms with Crippen LogP contribution in [-0.4, -0.2) is 31.5 Å². The van der Waals surface area contributed by atoms with Gasteiger partial charge in [-0.3, -0.25) is 0 Å². The Balaban J connectivity index is 2.41. The molecule has 0 aliphatic heterocycles. The Morgan fingerprint density at radius 1 is 1.35 bits per heavy atom. The minimum atomic E-state index is -0.536. The molecule has 128 valence electrons. The van der Waals surface area contributed by atoms with Crippen molar-refractivity contribution < 1.29 is 19.0 Å². The highest BCUT2D eigenvalue weighted by Gasteiger charge is 2.17. The van der Waals surface area contributed by atoms with E-state index in [0.717, 1.165) is 5.56 Å². The summed E-state index contributed by atoms with van der Waals surface area (Å²) in [5.41, 5.74) is 0.491. The molecule has 1 rings (SSSR count). The van der Waals surface area contributed by atoms with Gasteiger partial charge >= 0.3 is 6.09 Å². The molecule has 0 saturated heterocycles. The van der Waals surface area contributed by atoms with E-state index in [1.165, 1.54) is 7.11 Å². The fourth-order valence-electron chi connectivity index (χ4n) is 1.80. The molecule has 0 aliphatic carbocycles. The van der Waals surface area contributed by atoms with Crippen molar-refractivity contribution in [2.45, 2.75) is 45.9 Å². The van der Waals surface area contributed by atoms with Crippen molar-refractivity contribution >= 4 is 11.8 Å². The van der Waals surface area contributed by atoms with Gasteiger partial charge in [-0.05, 0) is 50.6 Å². The smallest absolute Gasteiger partial charge is 0.407 e. The van der Waals surface area contributed by atoms with Crippen LogP contribution in [0.15, 0.2) is 23.4 Å². The number of methoxy groups -OCH3 is 1. The van der Waals surface area contributed by atoms with Crippen molar-refractivity contribution in [1.82, 2.24) is 5.32 Å². The maximum Gasteiger partial charge on any atom is 0.407 e. The lowest BCUT2D eigenvalue weighted by molar-refractivity contribution is 0.0442. The molecule has 0 fully saturated rings. The highest BCUT2D eigenvalue weighted by Crippen LogP contribution is 2.28. The van der Waals surface area contributed by atoms with E-state index in [1.807, 2.05) is 6.92 Å². The molecule has 0 spiro atoms. The van der Waals surface area contributed by atoms with Crippen molar-refractivity contribution in [3.05, 3.63) is 28.7 Å². The predicted octanol–water partition coefficient (Wildman–Crippen LogP) is 3.52. The molecule has 0 aliphatic rings. The van der Waals surface area contributed by atoms with Gasteiger partial charge in [0.2, 0.25) is 0 Å². The van der Waals surface area contributed by atoms with E-state index >= 15 is 0 Å². The fourth-order valence-corrected chi connectivity index (χ4v) is 1.80. The van der Waals surface area contributed by atoms with Gasteiger partial charge in [0.05, 0.1) is 26.4 Å². The number of nitroso groups, excluding NO2 is 1. The van der Waals surface area contributed by atoms with E-state index in [4.69, 9.17) is 14.2 Å². The lowest BCUT2D eigenvalue weighted by atomic mass is 10.2. The third kappa shape index (κ3) is 7.10. The van der Waals surface area contributed by atoms with Crippen LogP contribution >= 0.6 is 0 Å². The summed E-state index contributed by atoms with van der Waals surface area (Å²) in [5.74, 6) is 0.420. The minimum absolute atomic E-state index is 0.202. The van der Waals surface area contributed by atoms with Gasteiger partial charge in [-0.15, -0.1) is 4.91 Å². The third-order valence-corrected chi connectivity index (χ3v) is 2.74. The van der Waals surface area contributed by atoms with E-state index < -0.39 is 11.7 Å². The zero-order valence-electron chi connectivity index (χ0n) is 14.2. The summed E-state index contributed by atoms with van der Waals surface area (Å²) in [7, 11) is 1.48. The molecular formula is C16H24N2O5. The van der Waals surface area contributed by atoms with Crippen LogP contribution < -0.4 is 10.1 Å². The van der Waals surface area contributed by atoms with Crippen molar-refractivity contribution in [3.63, 3.8) is 0 Å². The van der Waals surface area contributed by atoms with Gasteiger partial charge in [-0.25, -0.2) is 4.79 Å². The van der Waals surface area contributed by atoms with Crippen LogP contribution in [0.2, 0.25) is 0 Å². The van der Waals surface area contributed by atoms with Gasteiger partial charge in [-0.2, -0.15) is 0 Å². The highest BCUT2D eigenvalue weighted by molar-refractivity contribution is 5.68. The fraction of sp³-hybridized carbons (Fsp3) is 0.562. The number of hydrogen-bond donors (Lipinski definition) is 1. The van der Waals surface area contributed by atoms with Crippen LogP contribution in [0.3, 0.4) is 0 Å². The van der Waals surface area contributed by atoms with Crippen LogP contribution in [0.1, 0.15) is 33.3 Å². The van der Waals surface area contributed by atoms with Crippen LogP contribution in [0.5, 0.6) is 5.75 Å². The maximum atomic E-state index is 11.6. The summed E-state index contributed by atoms with van der Waals surface area (Å²) in [5, 5.41) is 5.60. The maximum absolute atomic E-state index is 11.6. The number of carbonyl (C=O) groups is 1. The number of amides is 1. The quantitative estimate of drug-likeness (QED) is 0.775. The standard InChI is InChI=1S/C16H24N2O5/c1-11(17-15(19)23-16(2,3)4)9-22-10-12-6-7-14(21-5)13(8-12)18-20/h6-8,11H,9-10H2,1-5H3,(H,17,19)/t11-/m1/s1. The van der Waals surface area contributed by atoms with E-state index in [2.05, 4.69) is 10.5 Å². The summed E-state index contributed by atoms with van der Waals surface area (Å²) in [6.45, 7) is 7.83. The molecule has 23 heavy (non-hydrogen) atoms. The normalized spacial score (nSPS) is 12.4. The number of hydrogen-bond acceptors (Lipinski definition) is 6. The molecule has 0 unspecified atom stereocenters. The summed E-state index contributed by atoms with van der Waals surface area (Å²) < 4.78 is 15.7. The first-order chi connectivity index (χ1) is 10.7. The number of ether oxygens (including phenoxy) is 3. The van der Waals surface area contributed by atoms with Crippen LogP contribution in [0.4, 0.5) is 10.5 Å². The number of rotatable bonds is 7. The lowest BCUT2D eigenvalue weighted by Crippen LogP contribution is -2.39. The molecule has 7 nitrogen and oxygen atoms in total. The zero-order valence-corrected chi connectivity index (χ0v) is 14.2. The second-order valence-electron chi connectivity index (χ2n) is 6.16. The molecule has 0 radical (unpaired) electrons. The molecule has 1 atom stereocenters. The van der Waals surface area contributed by atoms with Crippen LogP contribution in [-0.2, 0) is 16.1 Å². The van der Waals surface area contributed by atoms with E-state index in [9.17, 15) is 9.70 Å². The number of carbonyl (C=O) groups excluding carboxylic acids is 1. The van der Waals surface area contributed by atoms with Gasteiger partial charge in [-0.1, -0.05) is 6.07 Å². The molecule has 0 heterocycles. The van der Waals surface area contributed by atoms with E-state index in [-0.39, 0.29) is 11.7 Å². The third-order valence-electron chi connectivity index (χ3n) is 2.74. The van der Waals surface area contributed by atoms with Crippen molar-refractivity contribution in [3.8, 4) is 5.75 Å². The second-order valence-corrected chi connectivity index (χ2v) is 6.16. The SMILES string of the molecule is COc1ccc(COC[C@@H](C)NC(=O)OC(C)(C)C)cc1N=O. The first-order valence-electron chi connectivity index (χ1n) is 7.32. The van der Waals surface area contributed by atoms with Gasteiger partial charge in [0.1, 0.15) is 17.0 Å². The lowest BCUT2D eigenvalue weighted by Gasteiger charge is -2.22. The Bertz CT molecular complexity index is 540. The molecule has 0 bridgehead atoms. The predicted molar refractivity (Wildman–Crippen MR) is 86.9 cm³/mol. The van der Waals surface area contributed by atoms with Gasteiger partial charge in [0, 0.05) is 0 Å². The monoisotopic (exact) mass is 324 g/mol. The highest BCUT2D eigenvalue weighted by atomic mass is 16.6. The summed E-state index contributed by atoms with van der Waals surface area (Å²) in [6.07, 6.45) is -0.481. The van der Waals surface area contributed by atoms with Gasteiger partial charge in [0.25, 0.3) is 0 Å². The summed E-state index contributed by atoms with van der Waals surface area (Å²) in [6, 6.07) is 4.86. The number of benzene rings is 1. The van der Waals surface area contributed by atoms with Gasteiger partial charge in [0.15, 0.2) is 0 Å². The minimum Gasteiger partial charge on any atom is -0.494 e. The molecular weight excluding hydrogens is 300 g/mol.